The summed E-state index contributed by atoms with van der Waals surface area (Å²) in [6, 6.07) is 5.31. The van der Waals surface area contributed by atoms with Crippen molar-refractivity contribution in [2.75, 3.05) is 6.61 Å². The van der Waals surface area contributed by atoms with Crippen molar-refractivity contribution in [3.8, 4) is 17.6 Å². The quantitative estimate of drug-likeness (QED) is 0.493. The maximum Gasteiger partial charge on any atom is 0.278 e. The first-order chi connectivity index (χ1) is 14.5. The summed E-state index contributed by atoms with van der Waals surface area (Å²) in [4.78, 5) is 22.4. The van der Waals surface area contributed by atoms with Crippen LogP contribution in [0.25, 0.3) is 28.1 Å². The fraction of sp³-hybridized carbons (Fsp3) is 0.350. The van der Waals surface area contributed by atoms with E-state index in [-0.39, 0.29) is 34.1 Å². The van der Waals surface area contributed by atoms with E-state index in [0.29, 0.717) is 34.7 Å². The Bertz CT molecular complexity index is 1390. The third-order valence-corrected chi connectivity index (χ3v) is 5.60. The highest BCUT2D eigenvalue weighted by Gasteiger charge is 2.27. The number of halogens is 1. The molecule has 30 heavy (non-hydrogen) atoms. The second kappa shape index (κ2) is 6.93. The molecule has 1 fully saturated rings. The molecular weight excluding hydrogens is 408 g/mol. The van der Waals surface area contributed by atoms with Crippen LogP contribution in [-0.2, 0) is 4.74 Å². The number of nitrogens with zero attached hydrogens (tertiary/aromatic N) is 6. The minimum Gasteiger partial charge on any atom is -0.368 e. The van der Waals surface area contributed by atoms with Crippen molar-refractivity contribution in [2.45, 2.75) is 38.8 Å². The van der Waals surface area contributed by atoms with Crippen molar-refractivity contribution >= 4 is 28.2 Å². The first kappa shape index (κ1) is 18.8. The lowest BCUT2D eigenvalue weighted by Crippen LogP contribution is -2.25. The Morgan fingerprint density at radius 1 is 1.33 bits per heavy atom. The lowest BCUT2D eigenvalue weighted by Gasteiger charge is -2.17. The highest BCUT2D eigenvalue weighted by Crippen LogP contribution is 2.31. The second-order valence-electron chi connectivity index (χ2n) is 7.44. The number of aromatic nitrogens is 5. The van der Waals surface area contributed by atoms with Gasteiger partial charge < -0.3 is 13.8 Å². The first-order valence-electron chi connectivity index (χ1n) is 9.60. The van der Waals surface area contributed by atoms with E-state index < -0.39 is 0 Å². The molecule has 9 nitrogen and oxygen atoms in total. The lowest BCUT2D eigenvalue weighted by molar-refractivity contribution is 0.0835. The predicted molar refractivity (Wildman–Crippen MR) is 108 cm³/mol. The van der Waals surface area contributed by atoms with E-state index in [1.54, 1.807) is 21.1 Å². The van der Waals surface area contributed by atoms with Gasteiger partial charge in [0.1, 0.15) is 29.7 Å². The molecule has 0 radical (unpaired) electrons. The molecule has 4 heterocycles. The number of ether oxygens (including phenoxy) is 1. The topological polar surface area (TPSA) is 111 Å². The largest absolute Gasteiger partial charge is 0.368 e. The van der Waals surface area contributed by atoms with Crippen LogP contribution >= 0.6 is 11.6 Å². The van der Waals surface area contributed by atoms with Gasteiger partial charge in [0.25, 0.3) is 11.4 Å². The molecule has 1 unspecified atom stereocenters. The third-order valence-electron chi connectivity index (χ3n) is 5.28. The van der Waals surface area contributed by atoms with E-state index >= 15 is 0 Å². The van der Waals surface area contributed by atoms with Gasteiger partial charge in [-0.05, 0) is 38.8 Å². The van der Waals surface area contributed by atoms with Crippen LogP contribution in [0.15, 0.2) is 27.8 Å². The Hall–Kier alpha value is -3.22. The van der Waals surface area contributed by atoms with Crippen molar-refractivity contribution in [3.63, 3.8) is 0 Å². The zero-order chi connectivity index (χ0) is 21.0. The van der Waals surface area contributed by atoms with Gasteiger partial charge in [0.2, 0.25) is 5.82 Å². The number of hydrogen-bond donors (Lipinski definition) is 0. The maximum atomic E-state index is 13.5. The lowest BCUT2D eigenvalue weighted by atomic mass is 10.1. The average Bonchev–Trinajstić information content (AvgIpc) is 3.46. The van der Waals surface area contributed by atoms with Gasteiger partial charge in [-0.25, -0.2) is 4.98 Å². The number of fused-ring (bicyclic) bond motifs is 3. The summed E-state index contributed by atoms with van der Waals surface area (Å²) in [6.45, 7) is 4.41. The van der Waals surface area contributed by atoms with Gasteiger partial charge in [-0.1, -0.05) is 16.8 Å². The zero-order valence-corrected chi connectivity index (χ0v) is 17.0. The van der Waals surface area contributed by atoms with Crippen LogP contribution < -0.4 is 5.56 Å². The molecule has 4 aromatic rings. The molecule has 1 atom stereocenters. The van der Waals surface area contributed by atoms with E-state index in [0.717, 1.165) is 12.8 Å². The molecule has 0 amide bonds. The van der Waals surface area contributed by atoms with Crippen molar-refractivity contribution in [1.82, 2.24) is 24.1 Å². The fourth-order valence-corrected chi connectivity index (χ4v) is 4.14. The first-order valence-corrected chi connectivity index (χ1v) is 9.98. The molecule has 1 aliphatic heterocycles. The van der Waals surface area contributed by atoms with Crippen LogP contribution in [0.1, 0.15) is 50.3 Å². The molecule has 0 spiro atoms. The minimum atomic E-state index is -0.313. The van der Waals surface area contributed by atoms with E-state index in [1.807, 2.05) is 13.8 Å². The molecule has 1 aromatic carbocycles. The van der Waals surface area contributed by atoms with Gasteiger partial charge in [-0.3, -0.25) is 9.20 Å². The molecule has 10 heteroatoms. The summed E-state index contributed by atoms with van der Waals surface area (Å²) in [7, 11) is 0. The molecule has 3 aromatic heterocycles. The Kier molecular flexibility index (Phi) is 4.34. The van der Waals surface area contributed by atoms with E-state index in [9.17, 15) is 10.1 Å². The minimum absolute atomic E-state index is 0.217. The Morgan fingerprint density at radius 2 is 2.17 bits per heavy atom. The Labute approximate surface area is 175 Å². The Balaban J connectivity index is 1.82. The summed E-state index contributed by atoms with van der Waals surface area (Å²) in [5.74, 6) is 0.608. The molecular formula is C20H17ClN6O3. The summed E-state index contributed by atoms with van der Waals surface area (Å²) < 4.78 is 14.2. The molecule has 0 bridgehead atoms. The van der Waals surface area contributed by atoms with Crippen molar-refractivity contribution < 1.29 is 9.26 Å². The highest BCUT2D eigenvalue weighted by atomic mass is 35.5. The molecule has 152 valence electrons. The summed E-state index contributed by atoms with van der Waals surface area (Å²) in [6.07, 6.45) is 3.04. The standard InChI is InChI=1S/C20H17ClN6O3/c1-10(2)27-16-11(8-22)12(21)5-6-13(16)26-9-23-15(17(26)20(27)28)18-24-19(30-25-18)14-4-3-7-29-14/h5-6,9-10,14H,3-4,7H2,1-2H3. The summed E-state index contributed by atoms with van der Waals surface area (Å²) >= 11 is 6.24. The van der Waals surface area contributed by atoms with Gasteiger partial charge in [0.15, 0.2) is 0 Å². The Morgan fingerprint density at radius 3 is 2.87 bits per heavy atom. The van der Waals surface area contributed by atoms with Crippen LogP contribution in [0.3, 0.4) is 0 Å². The van der Waals surface area contributed by atoms with E-state index in [1.165, 1.54) is 6.33 Å². The summed E-state index contributed by atoms with van der Waals surface area (Å²) in [5.41, 5.74) is 1.67. The van der Waals surface area contributed by atoms with Gasteiger partial charge in [0, 0.05) is 12.6 Å². The molecule has 5 rings (SSSR count). The fourth-order valence-electron chi connectivity index (χ4n) is 3.94. The third kappa shape index (κ3) is 2.65. The number of rotatable bonds is 3. The van der Waals surface area contributed by atoms with Gasteiger partial charge in [-0.15, -0.1) is 0 Å². The molecule has 1 aliphatic rings. The molecule has 0 saturated carbocycles. The van der Waals surface area contributed by atoms with Crippen LogP contribution in [0, 0.1) is 11.3 Å². The second-order valence-corrected chi connectivity index (χ2v) is 7.85. The van der Waals surface area contributed by atoms with Crippen LogP contribution in [0.4, 0.5) is 0 Å². The number of imidazole rings is 1. The SMILES string of the molecule is CC(C)n1c(=O)c2c(-c3noc(C4CCCO4)n3)ncn2c2ccc(Cl)c(C#N)c21. The van der Waals surface area contributed by atoms with Crippen molar-refractivity contribution in [3.05, 3.63) is 45.3 Å². The average molecular weight is 425 g/mol. The normalized spacial score (nSPS) is 16.7. The van der Waals surface area contributed by atoms with Crippen LogP contribution in [0.2, 0.25) is 5.02 Å². The van der Waals surface area contributed by atoms with E-state index in [2.05, 4.69) is 21.2 Å². The monoisotopic (exact) mass is 424 g/mol. The van der Waals surface area contributed by atoms with Gasteiger partial charge >= 0.3 is 0 Å². The molecule has 1 saturated heterocycles. The molecule has 0 N–H and O–H groups in total. The van der Waals surface area contributed by atoms with Crippen LogP contribution in [0.5, 0.6) is 0 Å². The highest BCUT2D eigenvalue weighted by molar-refractivity contribution is 6.32. The van der Waals surface area contributed by atoms with Crippen LogP contribution in [-0.4, -0.2) is 30.7 Å². The smallest absolute Gasteiger partial charge is 0.278 e. The van der Waals surface area contributed by atoms with E-state index in [4.69, 9.17) is 20.9 Å². The zero-order valence-electron chi connectivity index (χ0n) is 16.3. The predicted octanol–water partition coefficient (Wildman–Crippen LogP) is 3.66. The van der Waals surface area contributed by atoms with Crippen molar-refractivity contribution in [1.29, 1.82) is 5.26 Å². The maximum absolute atomic E-state index is 13.5. The number of nitriles is 1. The number of benzene rings is 1. The van der Waals surface area contributed by atoms with Crippen molar-refractivity contribution in [2.24, 2.45) is 0 Å². The van der Waals surface area contributed by atoms with Gasteiger partial charge in [0.05, 0.1) is 21.6 Å². The molecule has 0 aliphatic carbocycles. The van der Waals surface area contributed by atoms with Gasteiger partial charge in [-0.2, -0.15) is 10.2 Å². The summed E-state index contributed by atoms with van der Waals surface area (Å²) in [5, 5.41) is 14.0. The number of hydrogen-bond acceptors (Lipinski definition) is 7.